The van der Waals surface area contributed by atoms with Gasteiger partial charge in [-0.3, -0.25) is 9.97 Å². The molecule has 1 heterocycles. The van der Waals surface area contributed by atoms with Crippen LogP contribution in [0.3, 0.4) is 0 Å². The van der Waals surface area contributed by atoms with Gasteiger partial charge in [0.05, 0.1) is 17.5 Å². The van der Waals surface area contributed by atoms with E-state index in [4.69, 9.17) is 5.73 Å². The number of hydrogen-bond donors (Lipinski definition) is 2. The van der Waals surface area contributed by atoms with Crippen LogP contribution in [0.4, 0.5) is 0 Å². The third-order valence-electron chi connectivity index (χ3n) is 3.03. The Morgan fingerprint density at radius 1 is 1.50 bits per heavy atom. The summed E-state index contributed by atoms with van der Waals surface area (Å²) < 4.78 is 0. The van der Waals surface area contributed by atoms with Crippen LogP contribution < -0.4 is 5.73 Å². The molecule has 0 spiro atoms. The molecule has 1 aliphatic carbocycles. The van der Waals surface area contributed by atoms with Crippen molar-refractivity contribution in [2.24, 2.45) is 5.73 Å². The summed E-state index contributed by atoms with van der Waals surface area (Å²) in [5.41, 5.74) is 7.50. The standard InChI is InChI=1S/C10H15N3O/c1-7-9(13-3-2-12-7)10(6-11)4-8(14)5-10/h2-3,8,14H,4-6,11H2,1H3. The molecule has 4 heteroatoms. The zero-order chi connectivity index (χ0) is 10.2. The number of nitrogens with two attached hydrogens (primary N) is 1. The van der Waals surface area contributed by atoms with Crippen molar-refractivity contribution in [1.82, 2.24) is 9.97 Å². The summed E-state index contributed by atoms with van der Waals surface area (Å²) in [4.78, 5) is 8.52. The van der Waals surface area contributed by atoms with Crippen molar-refractivity contribution in [3.63, 3.8) is 0 Å². The second-order valence-electron chi connectivity index (χ2n) is 4.04. The molecule has 0 atom stereocenters. The summed E-state index contributed by atoms with van der Waals surface area (Å²) >= 11 is 0. The Bertz CT molecular complexity index is 334. The highest BCUT2D eigenvalue weighted by Gasteiger charge is 2.45. The molecule has 1 aromatic rings. The van der Waals surface area contributed by atoms with Crippen LogP contribution in [-0.2, 0) is 5.41 Å². The lowest BCUT2D eigenvalue weighted by Gasteiger charge is -2.44. The predicted octanol–water partition coefficient (Wildman–Crippen LogP) is 0.136. The lowest BCUT2D eigenvalue weighted by molar-refractivity contribution is 0.0195. The van der Waals surface area contributed by atoms with Crippen molar-refractivity contribution < 1.29 is 5.11 Å². The van der Waals surface area contributed by atoms with Gasteiger partial charge in [-0.2, -0.15) is 0 Å². The van der Waals surface area contributed by atoms with Crippen LogP contribution in [0.5, 0.6) is 0 Å². The highest BCUT2D eigenvalue weighted by Crippen LogP contribution is 2.42. The van der Waals surface area contributed by atoms with Crippen molar-refractivity contribution in [1.29, 1.82) is 0 Å². The average Bonchev–Trinajstić information content (AvgIpc) is 2.14. The minimum absolute atomic E-state index is 0.127. The molecule has 4 nitrogen and oxygen atoms in total. The molecule has 3 N–H and O–H groups in total. The number of aromatic nitrogens is 2. The maximum atomic E-state index is 9.36. The molecule has 1 fully saturated rings. The van der Waals surface area contributed by atoms with Gasteiger partial charge < -0.3 is 10.8 Å². The molecule has 0 aliphatic heterocycles. The molecule has 76 valence electrons. The van der Waals surface area contributed by atoms with Gasteiger partial charge in [0.25, 0.3) is 0 Å². The van der Waals surface area contributed by atoms with Gasteiger partial charge in [-0.15, -0.1) is 0 Å². The van der Waals surface area contributed by atoms with E-state index in [1.54, 1.807) is 12.4 Å². The summed E-state index contributed by atoms with van der Waals surface area (Å²) in [6, 6.07) is 0. The van der Waals surface area contributed by atoms with Gasteiger partial charge in [0, 0.05) is 24.4 Å². The lowest BCUT2D eigenvalue weighted by atomic mass is 9.64. The fourth-order valence-electron chi connectivity index (χ4n) is 2.23. The molecule has 0 saturated heterocycles. The topological polar surface area (TPSA) is 72.0 Å². The van der Waals surface area contributed by atoms with E-state index in [1.165, 1.54) is 0 Å². The summed E-state index contributed by atoms with van der Waals surface area (Å²) in [6.45, 7) is 2.47. The monoisotopic (exact) mass is 193 g/mol. The molecular formula is C10H15N3O. The Kier molecular flexibility index (Phi) is 2.25. The molecular weight excluding hydrogens is 178 g/mol. The van der Waals surface area contributed by atoms with E-state index in [0.29, 0.717) is 19.4 Å². The second-order valence-corrected chi connectivity index (χ2v) is 4.04. The van der Waals surface area contributed by atoms with Crippen LogP contribution in [-0.4, -0.2) is 27.7 Å². The zero-order valence-electron chi connectivity index (χ0n) is 8.27. The number of rotatable bonds is 2. The number of aliphatic hydroxyl groups is 1. The minimum atomic E-state index is -0.222. The van der Waals surface area contributed by atoms with Crippen molar-refractivity contribution >= 4 is 0 Å². The Hall–Kier alpha value is -1.00. The fraction of sp³-hybridized carbons (Fsp3) is 0.600. The summed E-state index contributed by atoms with van der Waals surface area (Å²) in [5, 5.41) is 9.36. The van der Waals surface area contributed by atoms with Crippen LogP contribution in [0.25, 0.3) is 0 Å². The van der Waals surface area contributed by atoms with Gasteiger partial charge in [0.2, 0.25) is 0 Å². The molecule has 2 rings (SSSR count). The van der Waals surface area contributed by atoms with E-state index >= 15 is 0 Å². The Labute approximate surface area is 83.2 Å². The predicted molar refractivity (Wildman–Crippen MR) is 52.7 cm³/mol. The summed E-state index contributed by atoms with van der Waals surface area (Å²) in [6.07, 6.45) is 4.56. The van der Waals surface area contributed by atoms with Crippen LogP contribution in [0.1, 0.15) is 24.2 Å². The number of hydrogen-bond acceptors (Lipinski definition) is 4. The minimum Gasteiger partial charge on any atom is -0.393 e. The smallest absolute Gasteiger partial charge is 0.0692 e. The molecule has 14 heavy (non-hydrogen) atoms. The number of aliphatic hydroxyl groups excluding tert-OH is 1. The molecule has 1 aliphatic rings. The van der Waals surface area contributed by atoms with Gasteiger partial charge in [-0.25, -0.2) is 0 Å². The summed E-state index contributed by atoms with van der Waals surface area (Å²) in [7, 11) is 0. The van der Waals surface area contributed by atoms with Gasteiger partial charge >= 0.3 is 0 Å². The van der Waals surface area contributed by atoms with Gasteiger partial charge in [0.1, 0.15) is 0 Å². The van der Waals surface area contributed by atoms with E-state index in [-0.39, 0.29) is 11.5 Å². The molecule has 0 radical (unpaired) electrons. The molecule has 1 saturated carbocycles. The highest BCUT2D eigenvalue weighted by molar-refractivity contribution is 5.26. The average molecular weight is 193 g/mol. The maximum Gasteiger partial charge on any atom is 0.0692 e. The zero-order valence-corrected chi connectivity index (χ0v) is 8.27. The lowest BCUT2D eigenvalue weighted by Crippen LogP contribution is -2.50. The normalized spacial score (nSPS) is 31.2. The Balaban J connectivity index is 2.34. The first-order chi connectivity index (χ1) is 6.68. The third kappa shape index (κ3) is 1.31. The van der Waals surface area contributed by atoms with Crippen molar-refractivity contribution in [2.45, 2.75) is 31.3 Å². The van der Waals surface area contributed by atoms with Crippen LogP contribution in [0.15, 0.2) is 12.4 Å². The first kappa shape index (κ1) is 9.55. The van der Waals surface area contributed by atoms with Crippen molar-refractivity contribution in [3.05, 3.63) is 23.8 Å². The van der Waals surface area contributed by atoms with Crippen molar-refractivity contribution in [3.8, 4) is 0 Å². The maximum absolute atomic E-state index is 9.36. The second kappa shape index (κ2) is 3.29. The van der Waals surface area contributed by atoms with E-state index in [0.717, 1.165) is 11.4 Å². The third-order valence-corrected chi connectivity index (χ3v) is 3.03. The van der Waals surface area contributed by atoms with Crippen LogP contribution >= 0.6 is 0 Å². The van der Waals surface area contributed by atoms with Crippen molar-refractivity contribution in [2.75, 3.05) is 6.54 Å². The number of nitrogens with zero attached hydrogens (tertiary/aromatic N) is 2. The largest absolute Gasteiger partial charge is 0.393 e. The van der Waals surface area contributed by atoms with Gasteiger partial charge in [-0.1, -0.05) is 0 Å². The van der Waals surface area contributed by atoms with Crippen LogP contribution in [0, 0.1) is 6.92 Å². The molecule has 0 amide bonds. The molecule has 0 unspecified atom stereocenters. The van der Waals surface area contributed by atoms with Gasteiger partial charge in [-0.05, 0) is 19.8 Å². The van der Waals surface area contributed by atoms with E-state index in [1.807, 2.05) is 6.92 Å². The molecule has 0 aromatic carbocycles. The van der Waals surface area contributed by atoms with E-state index in [2.05, 4.69) is 9.97 Å². The van der Waals surface area contributed by atoms with E-state index in [9.17, 15) is 5.11 Å². The van der Waals surface area contributed by atoms with Gasteiger partial charge in [0.15, 0.2) is 0 Å². The first-order valence-corrected chi connectivity index (χ1v) is 4.84. The van der Waals surface area contributed by atoms with E-state index < -0.39 is 0 Å². The Morgan fingerprint density at radius 3 is 2.64 bits per heavy atom. The Morgan fingerprint density at radius 2 is 2.14 bits per heavy atom. The number of aryl methyl sites for hydroxylation is 1. The molecule has 0 bridgehead atoms. The fourth-order valence-corrected chi connectivity index (χ4v) is 2.23. The summed E-state index contributed by atoms with van der Waals surface area (Å²) in [5.74, 6) is 0. The molecule has 1 aromatic heterocycles. The first-order valence-electron chi connectivity index (χ1n) is 4.84. The van der Waals surface area contributed by atoms with Crippen LogP contribution in [0.2, 0.25) is 0 Å². The SMILES string of the molecule is Cc1nccnc1C1(CN)CC(O)C1. The highest BCUT2D eigenvalue weighted by atomic mass is 16.3. The quantitative estimate of drug-likeness (QED) is 0.700.